The molecule has 3 aromatic rings. The minimum Gasteiger partial charge on any atom is -0.457 e. The van der Waals surface area contributed by atoms with Gasteiger partial charge in [0.1, 0.15) is 23.4 Å². The topological polar surface area (TPSA) is 161 Å². The molecule has 0 bridgehead atoms. The summed E-state index contributed by atoms with van der Waals surface area (Å²) >= 11 is 0. The van der Waals surface area contributed by atoms with Gasteiger partial charge in [-0.2, -0.15) is 0 Å². The molecular weight excluding hydrogens is 443 g/mol. The molecule has 0 aliphatic carbocycles. The first-order valence-electron chi connectivity index (χ1n) is 10.4. The standard InChI is InChI=1S/C24H25FN4O5/c25-16-3-7-19(8-4-16)34-18-5-1-14(2-6-18)20-10-15(22(31)13-30)9-17(29-20)12-28-21(24(27)33)11-23(26)32/h1-10,21-22,28,30-31H,11-13H2,(H2,26,32)(H2,27,33). The van der Waals surface area contributed by atoms with Crippen molar-refractivity contribution in [2.75, 3.05) is 6.61 Å². The number of carbonyl (C=O) groups is 2. The summed E-state index contributed by atoms with van der Waals surface area (Å²) in [6, 6.07) is 14.8. The van der Waals surface area contributed by atoms with Crippen molar-refractivity contribution in [1.82, 2.24) is 10.3 Å². The first kappa shape index (κ1) is 24.8. The van der Waals surface area contributed by atoms with Crippen molar-refractivity contribution in [2.24, 2.45) is 11.5 Å². The normalized spacial score (nSPS) is 12.7. The molecule has 3 rings (SSSR count). The number of hydrogen-bond donors (Lipinski definition) is 5. The molecule has 0 aliphatic heterocycles. The van der Waals surface area contributed by atoms with Crippen LogP contribution < -0.4 is 21.5 Å². The van der Waals surface area contributed by atoms with Crippen LogP contribution in [0, 0.1) is 5.82 Å². The monoisotopic (exact) mass is 468 g/mol. The number of pyridine rings is 1. The maximum absolute atomic E-state index is 13.1. The Morgan fingerprint density at radius 1 is 1.03 bits per heavy atom. The molecule has 0 saturated carbocycles. The number of primary amides is 2. The largest absolute Gasteiger partial charge is 0.457 e. The van der Waals surface area contributed by atoms with E-state index in [2.05, 4.69) is 10.3 Å². The summed E-state index contributed by atoms with van der Waals surface area (Å²) in [6.45, 7) is -0.433. The Bertz CT molecular complexity index is 1140. The molecule has 0 saturated heterocycles. The van der Waals surface area contributed by atoms with Crippen LogP contribution in [-0.4, -0.2) is 39.7 Å². The molecule has 0 fully saturated rings. The van der Waals surface area contributed by atoms with E-state index in [0.717, 1.165) is 0 Å². The van der Waals surface area contributed by atoms with Crippen LogP contribution in [0.2, 0.25) is 0 Å². The number of nitrogens with one attached hydrogen (secondary N) is 1. The van der Waals surface area contributed by atoms with Crippen LogP contribution >= 0.6 is 0 Å². The Morgan fingerprint density at radius 3 is 2.21 bits per heavy atom. The van der Waals surface area contributed by atoms with Gasteiger partial charge in [-0.1, -0.05) is 0 Å². The molecule has 2 amide bonds. The molecule has 2 unspecified atom stereocenters. The lowest BCUT2D eigenvalue weighted by Crippen LogP contribution is -2.43. The highest BCUT2D eigenvalue weighted by atomic mass is 19.1. The Balaban J connectivity index is 1.82. The van der Waals surface area contributed by atoms with Crippen LogP contribution in [0.4, 0.5) is 4.39 Å². The van der Waals surface area contributed by atoms with E-state index < -0.39 is 30.6 Å². The van der Waals surface area contributed by atoms with Crippen molar-refractivity contribution < 1.29 is 28.9 Å². The fourth-order valence-electron chi connectivity index (χ4n) is 3.18. The second-order valence-corrected chi connectivity index (χ2v) is 7.56. The minimum absolute atomic E-state index is 0.0611. The van der Waals surface area contributed by atoms with Crippen LogP contribution in [0.1, 0.15) is 23.8 Å². The number of nitrogens with zero attached hydrogens (tertiary/aromatic N) is 1. The molecule has 2 aromatic carbocycles. The SMILES string of the molecule is NC(=O)CC(NCc1cc(C(O)CO)cc(-c2ccc(Oc3ccc(F)cc3)cc2)n1)C(N)=O. The van der Waals surface area contributed by atoms with Crippen molar-refractivity contribution in [2.45, 2.75) is 25.1 Å². The average Bonchev–Trinajstić information content (AvgIpc) is 2.82. The zero-order valence-corrected chi connectivity index (χ0v) is 18.1. The van der Waals surface area contributed by atoms with Crippen LogP contribution in [0.3, 0.4) is 0 Å². The zero-order chi connectivity index (χ0) is 24.7. The molecule has 0 radical (unpaired) electrons. The summed E-state index contributed by atoms with van der Waals surface area (Å²) < 4.78 is 18.8. The summed E-state index contributed by atoms with van der Waals surface area (Å²) in [5.74, 6) is -0.770. The molecule has 1 aromatic heterocycles. The number of aliphatic hydroxyl groups excluding tert-OH is 2. The van der Waals surface area contributed by atoms with E-state index in [1.807, 2.05) is 0 Å². The van der Waals surface area contributed by atoms with Gasteiger partial charge in [0.15, 0.2) is 0 Å². The number of ether oxygens (including phenoxy) is 1. The molecule has 10 heteroatoms. The molecule has 0 spiro atoms. The van der Waals surface area contributed by atoms with E-state index in [-0.39, 0.29) is 18.8 Å². The number of hydrogen-bond acceptors (Lipinski definition) is 7. The van der Waals surface area contributed by atoms with Crippen molar-refractivity contribution in [3.8, 4) is 22.8 Å². The number of aliphatic hydroxyl groups is 2. The van der Waals surface area contributed by atoms with E-state index in [0.29, 0.717) is 34.0 Å². The van der Waals surface area contributed by atoms with Crippen LogP contribution in [0.15, 0.2) is 60.7 Å². The highest BCUT2D eigenvalue weighted by Crippen LogP contribution is 2.27. The van der Waals surface area contributed by atoms with Crippen molar-refractivity contribution in [3.63, 3.8) is 0 Å². The van der Waals surface area contributed by atoms with Gasteiger partial charge in [0.25, 0.3) is 0 Å². The Hall–Kier alpha value is -3.86. The summed E-state index contributed by atoms with van der Waals surface area (Å²) in [4.78, 5) is 27.3. The number of nitrogens with two attached hydrogens (primary N) is 2. The van der Waals surface area contributed by atoms with Crippen LogP contribution in [0.25, 0.3) is 11.3 Å². The van der Waals surface area contributed by atoms with E-state index >= 15 is 0 Å². The van der Waals surface area contributed by atoms with Gasteiger partial charge in [0.05, 0.1) is 30.5 Å². The lowest BCUT2D eigenvalue weighted by molar-refractivity contribution is -0.125. The fraction of sp³-hybridized carbons (Fsp3) is 0.208. The molecule has 178 valence electrons. The smallest absolute Gasteiger partial charge is 0.235 e. The maximum Gasteiger partial charge on any atom is 0.235 e. The molecule has 1 heterocycles. The maximum atomic E-state index is 13.1. The van der Waals surface area contributed by atoms with E-state index in [1.54, 1.807) is 36.4 Å². The van der Waals surface area contributed by atoms with Crippen LogP contribution in [-0.2, 0) is 16.1 Å². The molecule has 0 aliphatic rings. The van der Waals surface area contributed by atoms with Gasteiger partial charge in [0, 0.05) is 12.1 Å². The van der Waals surface area contributed by atoms with Gasteiger partial charge in [-0.15, -0.1) is 0 Å². The van der Waals surface area contributed by atoms with Gasteiger partial charge in [-0.25, -0.2) is 4.39 Å². The number of rotatable bonds is 11. The molecule has 2 atom stereocenters. The van der Waals surface area contributed by atoms with Gasteiger partial charge >= 0.3 is 0 Å². The summed E-state index contributed by atoms with van der Waals surface area (Å²) in [7, 11) is 0. The summed E-state index contributed by atoms with van der Waals surface area (Å²) in [6.07, 6.45) is -1.41. The average molecular weight is 468 g/mol. The highest BCUT2D eigenvalue weighted by Gasteiger charge is 2.18. The molecule has 9 nitrogen and oxygen atoms in total. The number of aromatic nitrogens is 1. The third-order valence-electron chi connectivity index (χ3n) is 4.94. The van der Waals surface area contributed by atoms with E-state index in [1.165, 1.54) is 24.3 Å². The van der Waals surface area contributed by atoms with E-state index in [9.17, 15) is 24.2 Å². The first-order valence-corrected chi connectivity index (χ1v) is 10.4. The quantitative estimate of drug-likeness (QED) is 0.285. The summed E-state index contributed by atoms with van der Waals surface area (Å²) in [5.41, 5.74) is 12.5. The van der Waals surface area contributed by atoms with Crippen LogP contribution in [0.5, 0.6) is 11.5 Å². The predicted molar refractivity (Wildman–Crippen MR) is 122 cm³/mol. The Kier molecular flexibility index (Phi) is 8.25. The second kappa shape index (κ2) is 11.3. The highest BCUT2D eigenvalue weighted by molar-refractivity contribution is 5.86. The third kappa shape index (κ3) is 6.82. The lowest BCUT2D eigenvalue weighted by Gasteiger charge is -2.16. The van der Waals surface area contributed by atoms with Crippen molar-refractivity contribution in [1.29, 1.82) is 0 Å². The number of carbonyl (C=O) groups excluding carboxylic acids is 2. The lowest BCUT2D eigenvalue weighted by atomic mass is 10.0. The number of benzene rings is 2. The Labute approximate surface area is 195 Å². The Morgan fingerprint density at radius 2 is 1.65 bits per heavy atom. The first-order chi connectivity index (χ1) is 16.2. The summed E-state index contributed by atoms with van der Waals surface area (Å²) in [5, 5.41) is 22.4. The van der Waals surface area contributed by atoms with Crippen molar-refractivity contribution >= 4 is 11.8 Å². The van der Waals surface area contributed by atoms with Crippen molar-refractivity contribution in [3.05, 3.63) is 77.7 Å². The fourth-order valence-corrected chi connectivity index (χ4v) is 3.18. The minimum atomic E-state index is -1.14. The second-order valence-electron chi connectivity index (χ2n) is 7.56. The molecule has 7 N–H and O–H groups in total. The predicted octanol–water partition coefficient (Wildman–Crippen LogP) is 1.52. The molecule has 34 heavy (non-hydrogen) atoms. The third-order valence-corrected chi connectivity index (χ3v) is 4.94. The van der Waals surface area contributed by atoms with Gasteiger partial charge < -0.3 is 26.4 Å². The van der Waals surface area contributed by atoms with Gasteiger partial charge in [-0.3, -0.25) is 19.9 Å². The zero-order valence-electron chi connectivity index (χ0n) is 18.1. The number of halogens is 1. The van der Waals surface area contributed by atoms with Gasteiger partial charge in [-0.05, 0) is 66.2 Å². The molecular formula is C24H25FN4O5. The van der Waals surface area contributed by atoms with Gasteiger partial charge in [0.2, 0.25) is 11.8 Å². The van der Waals surface area contributed by atoms with E-state index in [4.69, 9.17) is 16.2 Å². The number of amides is 2.